The van der Waals surface area contributed by atoms with Crippen molar-refractivity contribution in [2.75, 3.05) is 5.32 Å². The Morgan fingerprint density at radius 3 is 2.71 bits per heavy atom. The Morgan fingerprint density at radius 2 is 1.97 bits per heavy atom. The Bertz CT molecular complexity index is 1170. The number of fused-ring (bicyclic) bond motifs is 2. The van der Waals surface area contributed by atoms with Crippen molar-refractivity contribution in [2.45, 2.75) is 31.3 Å². The van der Waals surface area contributed by atoms with Gasteiger partial charge in [0.15, 0.2) is 17.6 Å². The van der Waals surface area contributed by atoms with Gasteiger partial charge >= 0.3 is 5.97 Å². The quantitative estimate of drug-likeness (QED) is 0.397. The highest BCUT2D eigenvalue weighted by Gasteiger charge is 2.54. The lowest BCUT2D eigenvalue weighted by Gasteiger charge is -2.33. The first kappa shape index (κ1) is 19.2. The predicted octanol–water partition coefficient (Wildman–Crippen LogP) is 2.84. The van der Waals surface area contributed by atoms with Crippen molar-refractivity contribution < 1.29 is 23.4 Å². The molecule has 1 spiro atoms. The minimum Gasteiger partial charge on any atom is -0.618 e. The van der Waals surface area contributed by atoms with Crippen LogP contribution in [0.25, 0.3) is 5.69 Å². The summed E-state index contributed by atoms with van der Waals surface area (Å²) >= 11 is 0. The average Bonchev–Trinajstić information content (AvgIpc) is 3.33. The molecule has 0 bridgehead atoms. The van der Waals surface area contributed by atoms with Crippen LogP contribution < -0.4 is 10.0 Å². The van der Waals surface area contributed by atoms with Crippen molar-refractivity contribution in [2.24, 2.45) is 5.92 Å². The standard InChI is InChI=1S/C22H19FN4O4/c23-15-3-5-16(6-4-15)26-13-9-18(25-26)24-20(28)14-7-10-22(11-8-14)19-17(21(29)31-22)2-1-12-27(19)30/h1-6,9,12-14H,7-8,10-11H2,(H,24,25,28)/t14-,22+. The number of pyridine rings is 1. The number of benzene rings is 1. The molecule has 1 saturated carbocycles. The molecule has 3 heterocycles. The molecule has 1 amide bonds. The number of carbonyl (C=O) groups excluding carboxylic acids is 2. The zero-order valence-electron chi connectivity index (χ0n) is 16.5. The maximum Gasteiger partial charge on any atom is 0.345 e. The number of nitrogens with zero attached hydrogens (tertiary/aromatic N) is 3. The highest BCUT2D eigenvalue weighted by Crippen LogP contribution is 2.46. The number of amides is 1. The summed E-state index contributed by atoms with van der Waals surface area (Å²) in [6.45, 7) is 0. The highest BCUT2D eigenvalue weighted by molar-refractivity contribution is 5.94. The number of ether oxygens (including phenoxy) is 1. The van der Waals surface area contributed by atoms with E-state index < -0.39 is 11.6 Å². The molecule has 1 aliphatic heterocycles. The van der Waals surface area contributed by atoms with E-state index in [4.69, 9.17) is 4.74 Å². The number of halogens is 1. The van der Waals surface area contributed by atoms with Crippen molar-refractivity contribution in [3.63, 3.8) is 0 Å². The maximum atomic E-state index is 13.1. The van der Waals surface area contributed by atoms with E-state index in [1.165, 1.54) is 24.4 Å². The third-order valence-corrected chi connectivity index (χ3v) is 5.99. The Labute approximate surface area is 176 Å². The zero-order valence-corrected chi connectivity index (χ0v) is 16.5. The van der Waals surface area contributed by atoms with Gasteiger partial charge in [0.25, 0.3) is 5.69 Å². The van der Waals surface area contributed by atoms with Gasteiger partial charge in [0, 0.05) is 24.2 Å². The summed E-state index contributed by atoms with van der Waals surface area (Å²) in [6, 6.07) is 10.7. The van der Waals surface area contributed by atoms with Gasteiger partial charge in [0.2, 0.25) is 5.91 Å². The molecule has 2 aromatic heterocycles. The molecule has 9 heteroatoms. The molecule has 1 aromatic carbocycles. The van der Waals surface area contributed by atoms with E-state index in [0.717, 1.165) is 0 Å². The van der Waals surface area contributed by atoms with E-state index in [9.17, 15) is 19.2 Å². The van der Waals surface area contributed by atoms with Crippen LogP contribution in [0.1, 0.15) is 41.7 Å². The molecule has 31 heavy (non-hydrogen) atoms. The van der Waals surface area contributed by atoms with Gasteiger partial charge < -0.3 is 15.3 Å². The molecule has 5 rings (SSSR count). The van der Waals surface area contributed by atoms with E-state index >= 15 is 0 Å². The van der Waals surface area contributed by atoms with Gasteiger partial charge in [-0.25, -0.2) is 13.9 Å². The van der Waals surface area contributed by atoms with Crippen LogP contribution >= 0.6 is 0 Å². The second-order valence-corrected chi connectivity index (χ2v) is 7.87. The summed E-state index contributed by atoms with van der Waals surface area (Å²) in [6.07, 6.45) is 4.80. The highest BCUT2D eigenvalue weighted by atomic mass is 19.1. The number of carbonyl (C=O) groups is 2. The molecule has 1 fully saturated rings. The van der Waals surface area contributed by atoms with Crippen molar-refractivity contribution in [1.82, 2.24) is 9.78 Å². The van der Waals surface area contributed by atoms with Crippen molar-refractivity contribution in [3.05, 3.63) is 77.1 Å². The molecule has 158 valence electrons. The molecule has 1 N–H and O–H groups in total. The van der Waals surface area contributed by atoms with Crippen LogP contribution in [0.4, 0.5) is 10.2 Å². The third kappa shape index (κ3) is 3.31. The smallest absolute Gasteiger partial charge is 0.345 e. The number of nitrogens with one attached hydrogen (secondary N) is 1. The molecule has 0 unspecified atom stereocenters. The molecule has 3 aromatic rings. The van der Waals surface area contributed by atoms with Crippen molar-refractivity contribution in [3.8, 4) is 5.69 Å². The lowest BCUT2D eigenvalue weighted by molar-refractivity contribution is -0.621. The van der Waals surface area contributed by atoms with Crippen LogP contribution in [-0.2, 0) is 15.1 Å². The fourth-order valence-electron chi connectivity index (χ4n) is 4.42. The SMILES string of the molecule is O=C1O[C@]2(CC[C@@H](C(=O)Nc3ccn(-c4ccc(F)cc4)n3)CC2)c2c1ccc[n+]2[O-]. The number of aromatic nitrogens is 3. The molecule has 2 aliphatic rings. The number of hydrogen-bond acceptors (Lipinski definition) is 5. The second-order valence-electron chi connectivity index (χ2n) is 7.87. The average molecular weight is 422 g/mol. The summed E-state index contributed by atoms with van der Waals surface area (Å²) in [5, 5.41) is 19.4. The summed E-state index contributed by atoms with van der Waals surface area (Å²) in [5.74, 6) is -0.892. The fourth-order valence-corrected chi connectivity index (χ4v) is 4.42. The summed E-state index contributed by atoms with van der Waals surface area (Å²) in [5.41, 5.74) is 0.355. The Kier molecular flexibility index (Phi) is 4.46. The van der Waals surface area contributed by atoms with Gasteiger partial charge in [0.1, 0.15) is 11.4 Å². The Morgan fingerprint density at radius 1 is 1.23 bits per heavy atom. The van der Waals surface area contributed by atoms with Crippen molar-refractivity contribution >= 4 is 17.7 Å². The molecule has 0 atom stereocenters. The summed E-state index contributed by atoms with van der Waals surface area (Å²) < 4.78 is 20.9. The Hall–Kier alpha value is -3.75. The van der Waals surface area contributed by atoms with E-state index in [0.29, 0.717) is 53.2 Å². The van der Waals surface area contributed by atoms with Gasteiger partial charge in [0.05, 0.1) is 5.69 Å². The molecule has 0 saturated heterocycles. The number of anilines is 1. The fraction of sp³-hybridized carbons (Fsp3) is 0.273. The topological polar surface area (TPSA) is 100 Å². The van der Waals surface area contributed by atoms with Gasteiger partial charge in [-0.05, 0) is 56.0 Å². The maximum absolute atomic E-state index is 13.1. The number of hydrogen-bond donors (Lipinski definition) is 1. The van der Waals surface area contributed by atoms with E-state index in [-0.39, 0.29) is 17.6 Å². The molecule has 0 radical (unpaired) electrons. The monoisotopic (exact) mass is 422 g/mol. The number of esters is 1. The van der Waals surface area contributed by atoms with Crippen LogP contribution in [0, 0.1) is 16.9 Å². The Balaban J connectivity index is 1.26. The van der Waals surface area contributed by atoms with Gasteiger partial charge in [-0.2, -0.15) is 9.83 Å². The normalized spacial score (nSPS) is 22.2. The van der Waals surface area contributed by atoms with E-state index in [2.05, 4.69) is 10.4 Å². The zero-order chi connectivity index (χ0) is 21.6. The van der Waals surface area contributed by atoms with Crippen LogP contribution in [0.5, 0.6) is 0 Å². The molecule has 1 aliphatic carbocycles. The molecule has 8 nitrogen and oxygen atoms in total. The van der Waals surface area contributed by atoms with Crippen molar-refractivity contribution in [1.29, 1.82) is 0 Å². The molecular formula is C22H19FN4O4. The van der Waals surface area contributed by atoms with Gasteiger partial charge in [-0.1, -0.05) is 0 Å². The summed E-state index contributed by atoms with van der Waals surface area (Å²) in [4.78, 5) is 25.0. The van der Waals surface area contributed by atoms with E-state index in [1.807, 2.05) is 0 Å². The third-order valence-electron chi connectivity index (χ3n) is 5.99. The minimum atomic E-state index is -0.962. The predicted molar refractivity (Wildman–Crippen MR) is 107 cm³/mol. The lowest BCUT2D eigenvalue weighted by Crippen LogP contribution is -2.44. The lowest BCUT2D eigenvalue weighted by atomic mass is 9.76. The largest absolute Gasteiger partial charge is 0.618 e. The second kappa shape index (κ2) is 7.19. The summed E-state index contributed by atoms with van der Waals surface area (Å²) in [7, 11) is 0. The van der Waals surface area contributed by atoms with Gasteiger partial charge in [-0.3, -0.25) is 4.79 Å². The van der Waals surface area contributed by atoms with Crippen LogP contribution in [-0.4, -0.2) is 21.7 Å². The van der Waals surface area contributed by atoms with Crippen LogP contribution in [0.2, 0.25) is 0 Å². The van der Waals surface area contributed by atoms with Crippen LogP contribution in [0.3, 0.4) is 0 Å². The van der Waals surface area contributed by atoms with Crippen LogP contribution in [0.15, 0.2) is 54.9 Å². The van der Waals surface area contributed by atoms with E-state index in [1.54, 1.807) is 35.1 Å². The molecular weight excluding hydrogens is 403 g/mol. The first-order valence-corrected chi connectivity index (χ1v) is 10.0. The first-order chi connectivity index (χ1) is 14.9. The number of rotatable bonds is 3. The van der Waals surface area contributed by atoms with Gasteiger partial charge in [-0.15, -0.1) is 0 Å². The minimum absolute atomic E-state index is 0.174. The first-order valence-electron chi connectivity index (χ1n) is 10.0.